The third-order valence-corrected chi connectivity index (χ3v) is 8.67. The van der Waals surface area contributed by atoms with Crippen molar-refractivity contribution in [2.45, 2.75) is 48.9 Å². The highest BCUT2D eigenvalue weighted by Crippen LogP contribution is 2.36. The molecule has 7 heteroatoms. The lowest BCUT2D eigenvalue weighted by Crippen LogP contribution is -2.54. The van der Waals surface area contributed by atoms with Crippen molar-refractivity contribution in [3.63, 3.8) is 0 Å². The van der Waals surface area contributed by atoms with Crippen molar-refractivity contribution in [1.82, 2.24) is 10.2 Å². The van der Waals surface area contributed by atoms with Gasteiger partial charge >= 0.3 is 0 Å². The number of carbonyl (C=O) groups is 1. The predicted molar refractivity (Wildman–Crippen MR) is 120 cm³/mol. The van der Waals surface area contributed by atoms with Crippen LogP contribution in [0.4, 0.5) is 0 Å². The molecule has 2 aliphatic rings. The maximum atomic E-state index is 13.8. The quantitative estimate of drug-likeness (QED) is 0.692. The fourth-order valence-electron chi connectivity index (χ4n) is 4.76. The number of hydrogen-bond acceptors (Lipinski definition) is 6. The average Bonchev–Trinajstić information content (AvgIpc) is 2.80. The maximum Gasteiger partial charge on any atom is 0.198 e. The van der Waals surface area contributed by atoms with Gasteiger partial charge in [-0.25, -0.2) is 8.42 Å². The standard InChI is InChI=1S/C24H30N2O4S/c1-17-11-14-26(20-9-12-25-13-10-20)23(15-17)31(29,30)22-16-19(7-8-21(22)27)24(28)18-5-3-2-4-6-18/h2-8,16-17,20,23,25,27H,9-15H2,1H3. The van der Waals surface area contributed by atoms with E-state index in [1.165, 1.54) is 18.2 Å². The molecular formula is C24H30N2O4S. The molecule has 0 aliphatic carbocycles. The van der Waals surface area contributed by atoms with Crippen LogP contribution in [0.5, 0.6) is 5.75 Å². The number of carbonyl (C=O) groups excluding carboxylic acids is 1. The molecule has 0 radical (unpaired) electrons. The molecule has 0 spiro atoms. The van der Waals surface area contributed by atoms with Crippen LogP contribution in [-0.2, 0) is 9.84 Å². The number of nitrogens with one attached hydrogen (secondary N) is 1. The fourth-order valence-corrected chi connectivity index (χ4v) is 6.92. The van der Waals surface area contributed by atoms with Crippen LogP contribution in [0.2, 0.25) is 0 Å². The Hall–Kier alpha value is -2.22. The number of ketones is 1. The lowest BCUT2D eigenvalue weighted by atomic mass is 9.95. The van der Waals surface area contributed by atoms with Crippen molar-refractivity contribution in [3.8, 4) is 5.75 Å². The van der Waals surface area contributed by atoms with Crippen LogP contribution in [0.15, 0.2) is 53.4 Å². The molecule has 2 atom stereocenters. The molecule has 0 aromatic heterocycles. The molecule has 2 saturated heterocycles. The van der Waals surface area contributed by atoms with Crippen molar-refractivity contribution in [3.05, 3.63) is 59.7 Å². The minimum absolute atomic E-state index is 0.146. The summed E-state index contributed by atoms with van der Waals surface area (Å²) in [6.07, 6.45) is 3.33. The van der Waals surface area contributed by atoms with Gasteiger partial charge in [-0.05, 0) is 69.4 Å². The Bertz CT molecular complexity index is 1030. The number of phenolic OH excluding ortho intramolecular Hbond substituents is 1. The van der Waals surface area contributed by atoms with Gasteiger partial charge in [0, 0.05) is 17.2 Å². The van der Waals surface area contributed by atoms with Crippen molar-refractivity contribution in [2.24, 2.45) is 5.92 Å². The molecule has 0 saturated carbocycles. The molecular weight excluding hydrogens is 412 g/mol. The molecule has 2 aliphatic heterocycles. The van der Waals surface area contributed by atoms with E-state index in [0.717, 1.165) is 38.9 Å². The second kappa shape index (κ2) is 9.10. The summed E-state index contributed by atoms with van der Waals surface area (Å²) >= 11 is 0. The van der Waals surface area contributed by atoms with Gasteiger partial charge in [0.2, 0.25) is 0 Å². The normalized spacial score (nSPS) is 23.5. The molecule has 2 heterocycles. The van der Waals surface area contributed by atoms with Crippen LogP contribution in [0.3, 0.4) is 0 Å². The fraction of sp³-hybridized carbons (Fsp3) is 0.458. The average molecular weight is 443 g/mol. The van der Waals surface area contributed by atoms with Gasteiger partial charge in [-0.15, -0.1) is 0 Å². The molecule has 2 N–H and O–H groups in total. The van der Waals surface area contributed by atoms with Gasteiger partial charge in [-0.2, -0.15) is 0 Å². The third-order valence-electron chi connectivity index (χ3n) is 6.55. The minimum Gasteiger partial charge on any atom is -0.507 e. The molecule has 0 bridgehead atoms. The molecule has 4 rings (SSSR count). The summed E-state index contributed by atoms with van der Waals surface area (Å²) < 4.78 is 27.6. The summed E-state index contributed by atoms with van der Waals surface area (Å²) in [5.74, 6) is -0.272. The zero-order valence-electron chi connectivity index (χ0n) is 17.8. The smallest absolute Gasteiger partial charge is 0.198 e. The van der Waals surface area contributed by atoms with Gasteiger partial charge in [0.15, 0.2) is 15.6 Å². The van der Waals surface area contributed by atoms with Gasteiger partial charge in [-0.1, -0.05) is 37.3 Å². The largest absolute Gasteiger partial charge is 0.507 e. The first kappa shape index (κ1) is 22.0. The van der Waals surface area contributed by atoms with E-state index in [-0.39, 0.29) is 34.0 Å². The highest BCUT2D eigenvalue weighted by molar-refractivity contribution is 7.92. The van der Waals surface area contributed by atoms with Crippen molar-refractivity contribution < 1.29 is 18.3 Å². The zero-order chi connectivity index (χ0) is 22.0. The van der Waals surface area contributed by atoms with E-state index in [1.807, 2.05) is 6.07 Å². The molecule has 166 valence electrons. The van der Waals surface area contributed by atoms with Gasteiger partial charge in [-0.3, -0.25) is 9.69 Å². The van der Waals surface area contributed by atoms with E-state index in [1.54, 1.807) is 24.3 Å². The van der Waals surface area contributed by atoms with Gasteiger partial charge in [0.05, 0.1) is 0 Å². The first-order chi connectivity index (χ1) is 14.9. The summed E-state index contributed by atoms with van der Waals surface area (Å²) in [4.78, 5) is 14.9. The number of phenols is 1. The summed E-state index contributed by atoms with van der Waals surface area (Å²) in [5.41, 5.74) is 0.749. The second-order valence-corrected chi connectivity index (χ2v) is 10.8. The number of piperidine rings is 2. The number of benzene rings is 2. The van der Waals surface area contributed by atoms with Crippen LogP contribution in [0.25, 0.3) is 0 Å². The Balaban J connectivity index is 1.70. The van der Waals surface area contributed by atoms with Crippen molar-refractivity contribution >= 4 is 15.6 Å². The van der Waals surface area contributed by atoms with Gasteiger partial charge in [0.25, 0.3) is 0 Å². The summed E-state index contributed by atoms with van der Waals surface area (Å²) in [5, 5.41) is 13.1. The highest BCUT2D eigenvalue weighted by atomic mass is 32.2. The number of likely N-dealkylation sites (tertiary alicyclic amines) is 1. The lowest BCUT2D eigenvalue weighted by molar-refractivity contribution is 0.0936. The molecule has 2 fully saturated rings. The topological polar surface area (TPSA) is 86.7 Å². The van der Waals surface area contributed by atoms with Crippen molar-refractivity contribution in [2.75, 3.05) is 19.6 Å². The maximum absolute atomic E-state index is 13.8. The van der Waals surface area contributed by atoms with E-state index >= 15 is 0 Å². The highest BCUT2D eigenvalue weighted by Gasteiger charge is 2.41. The van der Waals surface area contributed by atoms with Crippen LogP contribution in [-0.4, -0.2) is 55.3 Å². The molecule has 6 nitrogen and oxygen atoms in total. The molecule has 0 amide bonds. The SMILES string of the molecule is CC1CCN(C2CCNCC2)C(S(=O)(=O)c2cc(C(=O)c3ccccc3)ccc2O)C1. The monoisotopic (exact) mass is 442 g/mol. The summed E-state index contributed by atoms with van der Waals surface area (Å²) in [6, 6.07) is 13.1. The number of sulfone groups is 1. The van der Waals surface area contributed by atoms with Gasteiger partial charge < -0.3 is 10.4 Å². The Morgan fingerprint density at radius 1 is 1.03 bits per heavy atom. The molecule has 31 heavy (non-hydrogen) atoms. The third kappa shape index (κ3) is 4.54. The van der Waals surface area contributed by atoms with E-state index < -0.39 is 15.2 Å². The summed E-state index contributed by atoms with van der Waals surface area (Å²) in [7, 11) is -3.86. The van der Waals surface area contributed by atoms with Crippen LogP contribution in [0, 0.1) is 5.92 Å². The Morgan fingerprint density at radius 3 is 2.45 bits per heavy atom. The van der Waals surface area contributed by atoms with E-state index in [4.69, 9.17) is 0 Å². The Kier molecular flexibility index (Phi) is 6.46. The summed E-state index contributed by atoms with van der Waals surface area (Å²) in [6.45, 7) is 4.59. The van der Waals surface area contributed by atoms with E-state index in [9.17, 15) is 18.3 Å². The molecule has 2 aromatic carbocycles. The van der Waals surface area contributed by atoms with Crippen LogP contribution in [0.1, 0.15) is 48.5 Å². The predicted octanol–water partition coefficient (Wildman–Crippen LogP) is 3.21. The van der Waals surface area contributed by atoms with Crippen molar-refractivity contribution in [1.29, 1.82) is 0 Å². The van der Waals surface area contributed by atoms with Crippen LogP contribution >= 0.6 is 0 Å². The number of rotatable bonds is 5. The lowest BCUT2D eigenvalue weighted by Gasteiger charge is -2.44. The van der Waals surface area contributed by atoms with Crippen LogP contribution < -0.4 is 5.32 Å². The Morgan fingerprint density at radius 2 is 1.74 bits per heavy atom. The number of hydrogen-bond donors (Lipinski definition) is 2. The number of nitrogens with zero attached hydrogens (tertiary/aromatic N) is 1. The number of aromatic hydroxyl groups is 1. The first-order valence-corrected chi connectivity index (χ1v) is 12.6. The molecule has 2 aromatic rings. The van der Waals surface area contributed by atoms with E-state index in [2.05, 4.69) is 17.1 Å². The zero-order valence-corrected chi connectivity index (χ0v) is 18.6. The first-order valence-electron chi connectivity index (χ1n) is 11.0. The minimum atomic E-state index is -3.86. The molecule has 2 unspecified atom stereocenters. The van der Waals surface area contributed by atoms with Gasteiger partial charge in [0.1, 0.15) is 16.0 Å². The Labute approximate surface area is 184 Å². The van der Waals surface area contributed by atoms with E-state index in [0.29, 0.717) is 12.0 Å². The second-order valence-electron chi connectivity index (χ2n) is 8.73.